The predicted octanol–water partition coefficient (Wildman–Crippen LogP) is 1.21. The Morgan fingerprint density at radius 2 is 2.23 bits per heavy atom. The quantitative estimate of drug-likeness (QED) is 0.753. The summed E-state index contributed by atoms with van der Waals surface area (Å²) in [6.07, 6.45) is 5.03. The second-order valence-corrected chi connectivity index (χ2v) is 4.66. The van der Waals surface area contributed by atoms with E-state index in [9.17, 15) is 0 Å². The van der Waals surface area contributed by atoms with Crippen LogP contribution in [0.4, 0.5) is 0 Å². The van der Waals surface area contributed by atoms with Crippen LogP contribution in [0.2, 0.25) is 0 Å². The second kappa shape index (κ2) is 4.00. The van der Waals surface area contributed by atoms with Gasteiger partial charge in [-0.3, -0.25) is 0 Å². The van der Waals surface area contributed by atoms with Crippen LogP contribution in [0, 0.1) is 5.92 Å². The zero-order chi connectivity index (χ0) is 9.31. The Bertz CT molecular complexity index is 182. The Kier molecular flexibility index (Phi) is 3.12. The van der Waals surface area contributed by atoms with Crippen LogP contribution in [-0.4, -0.2) is 24.7 Å². The van der Waals surface area contributed by atoms with Crippen molar-refractivity contribution in [3.05, 3.63) is 0 Å². The molecular formula is C9H17IN2O. The molecule has 0 bridgehead atoms. The van der Waals surface area contributed by atoms with Gasteiger partial charge in [0.2, 0.25) is 0 Å². The van der Waals surface area contributed by atoms with Gasteiger partial charge < -0.3 is 14.1 Å². The summed E-state index contributed by atoms with van der Waals surface area (Å²) < 4.78 is 5.70. The van der Waals surface area contributed by atoms with Gasteiger partial charge in [0.25, 0.3) is 0 Å². The van der Waals surface area contributed by atoms with Crippen molar-refractivity contribution in [2.24, 2.45) is 11.7 Å². The molecule has 13 heavy (non-hydrogen) atoms. The highest BCUT2D eigenvalue weighted by Gasteiger charge is 2.48. The van der Waals surface area contributed by atoms with Gasteiger partial charge in [0.1, 0.15) is 28.6 Å². The van der Waals surface area contributed by atoms with Crippen molar-refractivity contribution in [2.45, 2.75) is 37.3 Å². The van der Waals surface area contributed by atoms with Gasteiger partial charge >= 0.3 is 0 Å². The van der Waals surface area contributed by atoms with Gasteiger partial charge in [0, 0.05) is 12.6 Å². The van der Waals surface area contributed by atoms with Crippen molar-refractivity contribution in [3.63, 3.8) is 0 Å². The molecule has 2 aliphatic rings. The number of halogens is 1. The number of hydrogen-bond acceptors (Lipinski definition) is 3. The summed E-state index contributed by atoms with van der Waals surface area (Å²) >= 11 is 2.04. The Labute approximate surface area is 93.5 Å². The molecule has 0 spiro atoms. The molecule has 2 fully saturated rings. The molecule has 2 rings (SSSR count). The van der Waals surface area contributed by atoms with E-state index in [1.54, 1.807) is 0 Å². The lowest BCUT2D eigenvalue weighted by atomic mass is 9.67. The third-order valence-electron chi connectivity index (χ3n) is 3.62. The summed E-state index contributed by atoms with van der Waals surface area (Å²) in [4.78, 5) is 0. The van der Waals surface area contributed by atoms with Gasteiger partial charge in [-0.25, -0.2) is 0 Å². The molecule has 0 aromatic carbocycles. The molecule has 76 valence electrons. The van der Waals surface area contributed by atoms with Gasteiger partial charge in [0.05, 0.1) is 0 Å². The molecule has 3 N–H and O–H groups in total. The van der Waals surface area contributed by atoms with E-state index >= 15 is 0 Å². The SMILES string of the molecule is NC1CNCCC1(OI)C1CCC1. The number of rotatable bonds is 2. The van der Waals surface area contributed by atoms with E-state index in [1.807, 2.05) is 23.0 Å². The summed E-state index contributed by atoms with van der Waals surface area (Å²) in [6.45, 7) is 1.95. The molecule has 2 atom stereocenters. The number of nitrogens with one attached hydrogen (secondary N) is 1. The van der Waals surface area contributed by atoms with Gasteiger partial charge in [-0.05, 0) is 31.7 Å². The molecule has 3 nitrogen and oxygen atoms in total. The maximum Gasteiger partial charge on any atom is 0.110 e. The van der Waals surface area contributed by atoms with Crippen LogP contribution < -0.4 is 11.1 Å². The minimum absolute atomic E-state index is 0.0237. The molecule has 4 heteroatoms. The zero-order valence-corrected chi connectivity index (χ0v) is 9.92. The van der Waals surface area contributed by atoms with Crippen molar-refractivity contribution in [1.29, 1.82) is 0 Å². The Hall–Kier alpha value is 0.610. The summed E-state index contributed by atoms with van der Waals surface area (Å²) in [6, 6.07) is 0.170. The van der Waals surface area contributed by atoms with E-state index in [0.717, 1.165) is 19.5 Å². The lowest BCUT2D eigenvalue weighted by Crippen LogP contribution is -2.63. The smallest absolute Gasteiger partial charge is 0.110 e. The number of piperidine rings is 1. The average molecular weight is 296 g/mol. The van der Waals surface area contributed by atoms with Crippen LogP contribution in [0.15, 0.2) is 0 Å². The molecule has 2 unspecified atom stereocenters. The predicted molar refractivity (Wildman–Crippen MR) is 60.6 cm³/mol. The highest BCUT2D eigenvalue weighted by molar-refractivity contribution is 14.1. The fourth-order valence-corrected chi connectivity index (χ4v) is 3.37. The van der Waals surface area contributed by atoms with E-state index in [2.05, 4.69) is 5.32 Å². The van der Waals surface area contributed by atoms with Crippen molar-refractivity contribution < 1.29 is 3.07 Å². The van der Waals surface area contributed by atoms with Gasteiger partial charge in [-0.1, -0.05) is 6.42 Å². The molecule has 1 aliphatic heterocycles. The van der Waals surface area contributed by atoms with E-state index in [1.165, 1.54) is 19.3 Å². The first kappa shape index (κ1) is 10.1. The Morgan fingerprint density at radius 1 is 1.46 bits per heavy atom. The molecule has 0 amide bonds. The van der Waals surface area contributed by atoms with Crippen molar-refractivity contribution in [2.75, 3.05) is 13.1 Å². The lowest BCUT2D eigenvalue weighted by Gasteiger charge is -2.49. The second-order valence-electron chi connectivity index (χ2n) is 4.22. The molecule has 1 saturated heterocycles. The lowest BCUT2D eigenvalue weighted by molar-refractivity contribution is -0.0325. The van der Waals surface area contributed by atoms with Crippen LogP contribution in [0.1, 0.15) is 25.7 Å². The monoisotopic (exact) mass is 296 g/mol. The van der Waals surface area contributed by atoms with E-state index < -0.39 is 0 Å². The topological polar surface area (TPSA) is 47.3 Å². The molecule has 0 radical (unpaired) electrons. The minimum atomic E-state index is -0.0237. The molecule has 1 heterocycles. The van der Waals surface area contributed by atoms with Crippen LogP contribution in [0.3, 0.4) is 0 Å². The Morgan fingerprint density at radius 3 is 2.69 bits per heavy atom. The van der Waals surface area contributed by atoms with Crippen LogP contribution in [0.5, 0.6) is 0 Å². The molecule has 1 saturated carbocycles. The zero-order valence-electron chi connectivity index (χ0n) is 7.76. The van der Waals surface area contributed by atoms with E-state index in [4.69, 9.17) is 8.80 Å². The summed E-state index contributed by atoms with van der Waals surface area (Å²) in [5.41, 5.74) is 6.12. The highest BCUT2D eigenvalue weighted by Crippen LogP contribution is 2.44. The third kappa shape index (κ3) is 1.62. The number of hydrogen-bond donors (Lipinski definition) is 2. The van der Waals surface area contributed by atoms with Crippen molar-refractivity contribution >= 4 is 23.0 Å². The van der Waals surface area contributed by atoms with Crippen LogP contribution in [0.25, 0.3) is 0 Å². The van der Waals surface area contributed by atoms with E-state index in [0.29, 0.717) is 5.92 Å². The average Bonchev–Trinajstić information content (AvgIpc) is 2.06. The van der Waals surface area contributed by atoms with Crippen LogP contribution >= 0.6 is 23.0 Å². The molecule has 0 aromatic rings. The van der Waals surface area contributed by atoms with Gasteiger partial charge in [-0.2, -0.15) is 0 Å². The summed E-state index contributed by atoms with van der Waals surface area (Å²) in [7, 11) is 0. The first-order valence-corrected chi connectivity index (χ1v) is 5.94. The first-order valence-electron chi connectivity index (χ1n) is 5.05. The molecule has 1 aliphatic carbocycles. The van der Waals surface area contributed by atoms with Crippen LogP contribution in [-0.2, 0) is 3.07 Å². The first-order chi connectivity index (χ1) is 6.29. The summed E-state index contributed by atoms with van der Waals surface area (Å²) in [5, 5.41) is 3.32. The van der Waals surface area contributed by atoms with E-state index in [-0.39, 0.29) is 11.6 Å². The van der Waals surface area contributed by atoms with Gasteiger partial charge in [-0.15, -0.1) is 0 Å². The Balaban J connectivity index is 2.10. The van der Waals surface area contributed by atoms with Crippen molar-refractivity contribution in [1.82, 2.24) is 5.32 Å². The summed E-state index contributed by atoms with van der Waals surface area (Å²) in [5.74, 6) is 0.710. The normalized spacial score (nSPS) is 41.5. The largest absolute Gasteiger partial charge is 0.324 e. The molecule has 0 aromatic heterocycles. The van der Waals surface area contributed by atoms with Gasteiger partial charge in [0.15, 0.2) is 0 Å². The minimum Gasteiger partial charge on any atom is -0.324 e. The third-order valence-corrected chi connectivity index (χ3v) is 4.44. The fourth-order valence-electron chi connectivity index (χ4n) is 2.46. The maximum atomic E-state index is 6.14. The highest BCUT2D eigenvalue weighted by atomic mass is 127. The maximum absolute atomic E-state index is 6.14. The standard InChI is InChI=1S/C9H17IN2O/c10-13-9(7-2-1-3-7)4-5-12-6-8(9)11/h7-8,12H,1-6,11H2. The number of nitrogens with two attached hydrogens (primary N) is 1. The molecular weight excluding hydrogens is 279 g/mol. The fraction of sp³-hybridized carbons (Fsp3) is 1.00. The van der Waals surface area contributed by atoms with Crippen molar-refractivity contribution in [3.8, 4) is 0 Å².